The Balaban J connectivity index is 1.44. The van der Waals surface area contributed by atoms with Crippen molar-refractivity contribution < 1.29 is 19.1 Å². The first kappa shape index (κ1) is 20.3. The molecule has 0 unspecified atom stereocenters. The van der Waals surface area contributed by atoms with E-state index in [1.54, 1.807) is 14.2 Å². The molecular weight excluding hydrogens is 370 g/mol. The van der Waals surface area contributed by atoms with Gasteiger partial charge in [0.1, 0.15) is 11.5 Å². The van der Waals surface area contributed by atoms with Crippen LogP contribution in [0.25, 0.3) is 10.9 Å². The fourth-order valence-corrected chi connectivity index (χ4v) is 3.17. The molecule has 152 valence electrons. The van der Waals surface area contributed by atoms with Crippen molar-refractivity contribution in [3.8, 4) is 11.5 Å². The number of fused-ring (bicyclic) bond motifs is 1. The van der Waals surface area contributed by atoms with Crippen LogP contribution in [-0.4, -0.2) is 44.1 Å². The molecule has 7 heteroatoms. The first-order chi connectivity index (χ1) is 14.1. The summed E-state index contributed by atoms with van der Waals surface area (Å²) in [7, 11) is 3.21. The quantitative estimate of drug-likeness (QED) is 0.518. The third-order valence-electron chi connectivity index (χ3n) is 4.68. The molecule has 7 nitrogen and oxygen atoms in total. The summed E-state index contributed by atoms with van der Waals surface area (Å²) in [4.78, 5) is 27.4. The Hall–Kier alpha value is -3.48. The third kappa shape index (κ3) is 5.28. The summed E-state index contributed by atoms with van der Waals surface area (Å²) in [6.07, 6.45) is 2.64. The molecule has 29 heavy (non-hydrogen) atoms. The number of nitrogens with one attached hydrogen (secondary N) is 3. The van der Waals surface area contributed by atoms with E-state index in [9.17, 15) is 9.59 Å². The molecule has 0 aliphatic rings. The number of amides is 2. The van der Waals surface area contributed by atoms with Crippen LogP contribution in [0.2, 0.25) is 0 Å². The molecule has 1 heterocycles. The molecule has 0 bridgehead atoms. The Morgan fingerprint density at radius 2 is 1.79 bits per heavy atom. The first-order valence-electron chi connectivity index (χ1n) is 9.40. The van der Waals surface area contributed by atoms with Crippen molar-refractivity contribution in [2.45, 2.75) is 12.8 Å². The molecule has 3 rings (SSSR count). The lowest BCUT2D eigenvalue weighted by Gasteiger charge is -2.11. The highest BCUT2D eigenvalue weighted by atomic mass is 16.5. The van der Waals surface area contributed by atoms with Crippen LogP contribution >= 0.6 is 0 Å². The zero-order valence-corrected chi connectivity index (χ0v) is 16.6. The molecule has 0 spiro atoms. The normalized spacial score (nSPS) is 10.6. The van der Waals surface area contributed by atoms with Gasteiger partial charge in [0.25, 0.3) is 0 Å². The van der Waals surface area contributed by atoms with Gasteiger partial charge in [-0.3, -0.25) is 9.59 Å². The summed E-state index contributed by atoms with van der Waals surface area (Å²) in [5, 5.41) is 6.49. The average molecular weight is 395 g/mol. The number of benzene rings is 2. The Bertz CT molecular complexity index is 997. The predicted octanol–water partition coefficient (Wildman–Crippen LogP) is 2.20. The molecule has 0 saturated heterocycles. The highest BCUT2D eigenvalue weighted by Crippen LogP contribution is 2.24. The SMILES string of the molecule is COc1ccc(OC)c(CCNC(=O)CNC(=O)Cc2c[nH]c3ccccc23)c1. The number of methoxy groups -OCH3 is 2. The number of carbonyl (C=O) groups is 2. The molecule has 0 saturated carbocycles. The monoisotopic (exact) mass is 395 g/mol. The molecule has 0 aliphatic heterocycles. The largest absolute Gasteiger partial charge is 0.497 e. The van der Waals surface area contributed by atoms with Gasteiger partial charge in [0.2, 0.25) is 11.8 Å². The molecule has 3 N–H and O–H groups in total. The Morgan fingerprint density at radius 3 is 2.59 bits per heavy atom. The van der Waals surface area contributed by atoms with Crippen LogP contribution < -0.4 is 20.1 Å². The van der Waals surface area contributed by atoms with Crippen LogP contribution in [0.1, 0.15) is 11.1 Å². The summed E-state index contributed by atoms with van der Waals surface area (Å²) in [5.41, 5.74) is 2.83. The van der Waals surface area contributed by atoms with E-state index in [1.807, 2.05) is 48.7 Å². The van der Waals surface area contributed by atoms with Gasteiger partial charge < -0.3 is 25.1 Å². The second kappa shape index (κ2) is 9.64. The summed E-state index contributed by atoms with van der Waals surface area (Å²) < 4.78 is 10.6. The van der Waals surface area contributed by atoms with Gasteiger partial charge in [-0.1, -0.05) is 18.2 Å². The number of aromatic nitrogens is 1. The van der Waals surface area contributed by atoms with E-state index < -0.39 is 0 Å². The Kier molecular flexibility index (Phi) is 6.73. The minimum Gasteiger partial charge on any atom is -0.497 e. The maximum absolute atomic E-state index is 12.2. The van der Waals surface area contributed by atoms with Gasteiger partial charge in [-0.15, -0.1) is 0 Å². The van der Waals surface area contributed by atoms with Gasteiger partial charge in [-0.05, 0) is 41.8 Å². The van der Waals surface area contributed by atoms with E-state index >= 15 is 0 Å². The minimum atomic E-state index is -0.237. The Morgan fingerprint density at radius 1 is 0.966 bits per heavy atom. The van der Waals surface area contributed by atoms with E-state index in [1.165, 1.54) is 0 Å². The summed E-state index contributed by atoms with van der Waals surface area (Å²) in [5.74, 6) is 1.04. The van der Waals surface area contributed by atoms with Crippen LogP contribution in [-0.2, 0) is 22.4 Å². The smallest absolute Gasteiger partial charge is 0.239 e. The third-order valence-corrected chi connectivity index (χ3v) is 4.68. The summed E-state index contributed by atoms with van der Waals surface area (Å²) in [6.45, 7) is 0.372. The first-order valence-corrected chi connectivity index (χ1v) is 9.40. The number of carbonyl (C=O) groups excluding carboxylic acids is 2. The maximum Gasteiger partial charge on any atom is 0.239 e. The highest BCUT2D eigenvalue weighted by Gasteiger charge is 2.10. The lowest BCUT2D eigenvalue weighted by molar-refractivity contribution is -0.125. The standard InChI is InChI=1S/C22H25N3O4/c1-28-17-7-8-20(29-2)15(11-17)9-10-23-22(27)14-25-21(26)12-16-13-24-19-6-4-3-5-18(16)19/h3-8,11,13,24H,9-10,12,14H2,1-2H3,(H,23,27)(H,25,26). The number of para-hydroxylation sites is 1. The van der Waals surface area contributed by atoms with E-state index in [0.717, 1.165) is 33.5 Å². The number of ether oxygens (including phenoxy) is 2. The van der Waals surface area contributed by atoms with Crippen molar-refractivity contribution in [1.82, 2.24) is 15.6 Å². The van der Waals surface area contributed by atoms with Gasteiger partial charge in [0.15, 0.2) is 0 Å². The molecular formula is C22H25N3O4. The van der Waals surface area contributed by atoms with E-state index in [-0.39, 0.29) is 24.8 Å². The molecule has 0 fully saturated rings. The predicted molar refractivity (Wildman–Crippen MR) is 111 cm³/mol. The molecule has 2 aromatic carbocycles. The van der Waals surface area contributed by atoms with Gasteiger partial charge >= 0.3 is 0 Å². The van der Waals surface area contributed by atoms with Crippen molar-refractivity contribution in [2.75, 3.05) is 27.3 Å². The zero-order valence-electron chi connectivity index (χ0n) is 16.6. The van der Waals surface area contributed by atoms with Crippen LogP contribution in [0.3, 0.4) is 0 Å². The fourth-order valence-electron chi connectivity index (χ4n) is 3.17. The highest BCUT2D eigenvalue weighted by molar-refractivity contribution is 5.90. The molecule has 3 aromatic rings. The van der Waals surface area contributed by atoms with Crippen molar-refractivity contribution in [3.63, 3.8) is 0 Å². The van der Waals surface area contributed by atoms with Crippen molar-refractivity contribution in [1.29, 1.82) is 0 Å². The number of rotatable bonds is 9. The van der Waals surface area contributed by atoms with Crippen molar-refractivity contribution in [2.24, 2.45) is 0 Å². The fraction of sp³-hybridized carbons (Fsp3) is 0.273. The van der Waals surface area contributed by atoms with Crippen molar-refractivity contribution in [3.05, 3.63) is 59.8 Å². The van der Waals surface area contributed by atoms with Gasteiger partial charge in [0, 0.05) is 23.6 Å². The van der Waals surface area contributed by atoms with E-state index in [2.05, 4.69) is 15.6 Å². The van der Waals surface area contributed by atoms with Gasteiger partial charge in [0.05, 0.1) is 27.2 Å². The second-order valence-electron chi connectivity index (χ2n) is 6.59. The molecule has 0 aliphatic carbocycles. The zero-order chi connectivity index (χ0) is 20.6. The van der Waals surface area contributed by atoms with Crippen LogP contribution in [0, 0.1) is 0 Å². The van der Waals surface area contributed by atoms with Gasteiger partial charge in [-0.25, -0.2) is 0 Å². The van der Waals surface area contributed by atoms with Crippen LogP contribution in [0.4, 0.5) is 0 Å². The minimum absolute atomic E-state index is 0.0591. The number of H-pyrrole nitrogens is 1. The molecule has 2 amide bonds. The molecule has 0 radical (unpaired) electrons. The van der Waals surface area contributed by atoms with E-state index in [0.29, 0.717) is 13.0 Å². The Labute approximate surface area is 169 Å². The van der Waals surface area contributed by atoms with Gasteiger partial charge in [-0.2, -0.15) is 0 Å². The number of hydrogen-bond donors (Lipinski definition) is 3. The average Bonchev–Trinajstić information content (AvgIpc) is 3.15. The lowest BCUT2D eigenvalue weighted by atomic mass is 10.1. The van der Waals surface area contributed by atoms with Crippen LogP contribution in [0.15, 0.2) is 48.7 Å². The summed E-state index contributed by atoms with van der Waals surface area (Å²) >= 11 is 0. The van der Waals surface area contributed by atoms with Crippen molar-refractivity contribution >= 4 is 22.7 Å². The summed E-state index contributed by atoms with van der Waals surface area (Å²) in [6, 6.07) is 13.3. The second-order valence-corrected chi connectivity index (χ2v) is 6.59. The molecule has 1 aromatic heterocycles. The lowest BCUT2D eigenvalue weighted by Crippen LogP contribution is -2.38. The molecule has 0 atom stereocenters. The topological polar surface area (TPSA) is 92.4 Å². The number of aromatic amines is 1. The van der Waals surface area contributed by atoms with E-state index in [4.69, 9.17) is 9.47 Å². The maximum atomic E-state index is 12.2. The van der Waals surface area contributed by atoms with Crippen LogP contribution in [0.5, 0.6) is 11.5 Å². The number of hydrogen-bond acceptors (Lipinski definition) is 4.